The Labute approximate surface area is 111 Å². The predicted octanol–water partition coefficient (Wildman–Crippen LogP) is 0.684. The number of rotatable bonds is 4. The van der Waals surface area contributed by atoms with Gasteiger partial charge in [-0.05, 0) is 12.8 Å². The van der Waals surface area contributed by atoms with Crippen molar-refractivity contribution in [1.29, 1.82) is 0 Å². The van der Waals surface area contributed by atoms with Crippen molar-refractivity contribution in [1.82, 2.24) is 4.90 Å². The van der Waals surface area contributed by atoms with E-state index in [9.17, 15) is 19.8 Å². The van der Waals surface area contributed by atoms with Gasteiger partial charge in [-0.15, -0.1) is 0 Å². The molecule has 7 nitrogen and oxygen atoms in total. The Balaban J connectivity index is 2.34. The number of nitrogens with zero attached hydrogens (tertiary/aromatic N) is 1. The summed E-state index contributed by atoms with van der Waals surface area (Å²) in [4.78, 5) is 24.2. The quantitative estimate of drug-likeness (QED) is 0.730. The molecule has 0 radical (unpaired) electrons. The molecular weight excluding hydrogens is 253 g/mol. The van der Waals surface area contributed by atoms with E-state index in [4.69, 9.17) is 9.31 Å². The number of likely N-dealkylation sites (tertiary alicyclic amines) is 1. The SMILES string of the molecule is CCCC1(C(=O)O)CCN(C(=O)O)C1B1OCCO1. The average molecular weight is 271 g/mol. The lowest BCUT2D eigenvalue weighted by molar-refractivity contribution is -0.149. The fraction of sp³-hybridized carbons (Fsp3) is 0.818. The third-order valence-corrected chi connectivity index (χ3v) is 3.97. The van der Waals surface area contributed by atoms with Gasteiger partial charge in [0.1, 0.15) is 0 Å². The summed E-state index contributed by atoms with van der Waals surface area (Å²) in [6, 6.07) is 0. The molecule has 1 amide bonds. The smallest absolute Gasteiger partial charge is 0.481 e. The van der Waals surface area contributed by atoms with Crippen molar-refractivity contribution in [2.75, 3.05) is 19.8 Å². The Morgan fingerprint density at radius 2 is 2.00 bits per heavy atom. The van der Waals surface area contributed by atoms with Crippen LogP contribution in [0.15, 0.2) is 0 Å². The first-order valence-electron chi connectivity index (χ1n) is 6.49. The summed E-state index contributed by atoms with van der Waals surface area (Å²) < 4.78 is 10.8. The Kier molecular flexibility index (Phi) is 4.00. The predicted molar refractivity (Wildman–Crippen MR) is 65.8 cm³/mol. The van der Waals surface area contributed by atoms with Crippen LogP contribution in [0, 0.1) is 5.41 Å². The van der Waals surface area contributed by atoms with Crippen molar-refractivity contribution in [2.45, 2.75) is 32.1 Å². The topological polar surface area (TPSA) is 96.3 Å². The molecule has 2 heterocycles. The van der Waals surface area contributed by atoms with Crippen molar-refractivity contribution < 1.29 is 29.1 Å². The summed E-state index contributed by atoms with van der Waals surface area (Å²) >= 11 is 0. The lowest BCUT2D eigenvalue weighted by atomic mass is 9.61. The highest BCUT2D eigenvalue weighted by Crippen LogP contribution is 2.43. The van der Waals surface area contributed by atoms with Gasteiger partial charge in [-0.3, -0.25) is 4.79 Å². The standard InChI is InChI=1S/C11H18BNO6/c1-2-3-11(9(14)15)4-5-13(10(16)17)8(11)12-18-6-7-19-12/h8H,2-7H2,1H3,(H,14,15)(H,16,17). The van der Waals surface area contributed by atoms with E-state index in [0.29, 0.717) is 32.5 Å². The fourth-order valence-electron chi connectivity index (χ4n) is 3.15. The van der Waals surface area contributed by atoms with Crippen LogP contribution >= 0.6 is 0 Å². The molecule has 19 heavy (non-hydrogen) atoms. The minimum absolute atomic E-state index is 0.204. The summed E-state index contributed by atoms with van der Waals surface area (Å²) in [6.07, 6.45) is 0.266. The molecule has 2 atom stereocenters. The van der Waals surface area contributed by atoms with Crippen LogP contribution in [0.3, 0.4) is 0 Å². The van der Waals surface area contributed by atoms with Gasteiger partial charge in [-0.1, -0.05) is 13.3 Å². The van der Waals surface area contributed by atoms with Crippen molar-refractivity contribution >= 4 is 19.2 Å². The van der Waals surface area contributed by atoms with Gasteiger partial charge in [0.05, 0.1) is 24.6 Å². The maximum Gasteiger partial charge on any atom is 0.482 e. The lowest BCUT2D eigenvalue weighted by Gasteiger charge is -2.34. The molecule has 0 aromatic heterocycles. The van der Waals surface area contributed by atoms with Crippen LogP contribution < -0.4 is 0 Å². The first-order chi connectivity index (χ1) is 9.03. The van der Waals surface area contributed by atoms with Crippen molar-refractivity contribution in [3.05, 3.63) is 0 Å². The van der Waals surface area contributed by atoms with E-state index in [2.05, 4.69) is 0 Å². The van der Waals surface area contributed by atoms with Gasteiger partial charge in [0.25, 0.3) is 0 Å². The van der Waals surface area contributed by atoms with Crippen LogP contribution in [0.5, 0.6) is 0 Å². The van der Waals surface area contributed by atoms with Gasteiger partial charge < -0.3 is 24.4 Å². The van der Waals surface area contributed by atoms with Gasteiger partial charge >= 0.3 is 19.2 Å². The van der Waals surface area contributed by atoms with Gasteiger partial charge in [0, 0.05) is 6.54 Å². The Morgan fingerprint density at radius 3 is 2.47 bits per heavy atom. The normalized spacial score (nSPS) is 30.9. The van der Waals surface area contributed by atoms with E-state index in [1.54, 1.807) is 0 Å². The molecule has 0 aliphatic carbocycles. The number of hydrogen-bond donors (Lipinski definition) is 2. The second-order valence-corrected chi connectivity index (χ2v) is 4.99. The molecule has 2 unspecified atom stereocenters. The first kappa shape index (κ1) is 14.1. The lowest BCUT2D eigenvalue weighted by Crippen LogP contribution is -2.55. The van der Waals surface area contributed by atoms with Crippen LogP contribution in [0.25, 0.3) is 0 Å². The molecule has 0 saturated carbocycles. The van der Waals surface area contributed by atoms with Crippen molar-refractivity contribution in [3.8, 4) is 0 Å². The molecule has 2 N–H and O–H groups in total. The van der Waals surface area contributed by atoms with E-state index in [1.165, 1.54) is 0 Å². The molecular formula is C11H18BNO6. The van der Waals surface area contributed by atoms with Crippen LogP contribution in [0.2, 0.25) is 0 Å². The summed E-state index contributed by atoms with van der Waals surface area (Å²) in [7, 11) is -0.777. The summed E-state index contributed by atoms with van der Waals surface area (Å²) in [5.41, 5.74) is -1.11. The largest absolute Gasteiger partial charge is 0.482 e. The first-order valence-corrected chi connectivity index (χ1v) is 6.49. The fourth-order valence-corrected chi connectivity index (χ4v) is 3.15. The summed E-state index contributed by atoms with van der Waals surface area (Å²) in [5.74, 6) is -1.74. The molecule has 8 heteroatoms. The van der Waals surface area contributed by atoms with E-state index in [-0.39, 0.29) is 6.54 Å². The van der Waals surface area contributed by atoms with Gasteiger partial charge in [0.2, 0.25) is 0 Å². The van der Waals surface area contributed by atoms with Gasteiger partial charge in [-0.2, -0.15) is 0 Å². The molecule has 0 aromatic carbocycles. The third kappa shape index (κ3) is 2.30. The molecule has 0 spiro atoms. The highest BCUT2D eigenvalue weighted by molar-refractivity contribution is 6.48. The van der Waals surface area contributed by atoms with E-state index < -0.39 is 30.5 Å². The number of hydrogen-bond acceptors (Lipinski definition) is 4. The van der Waals surface area contributed by atoms with Crippen LogP contribution in [0.4, 0.5) is 4.79 Å². The second-order valence-electron chi connectivity index (χ2n) is 4.99. The zero-order chi connectivity index (χ0) is 14.0. The molecule has 2 aliphatic rings. The van der Waals surface area contributed by atoms with Crippen LogP contribution in [-0.4, -0.2) is 60.0 Å². The van der Waals surface area contributed by atoms with E-state index in [1.807, 2.05) is 6.92 Å². The number of aliphatic carboxylic acids is 1. The average Bonchev–Trinajstić information content (AvgIpc) is 2.95. The highest BCUT2D eigenvalue weighted by Gasteiger charge is 2.60. The van der Waals surface area contributed by atoms with Gasteiger partial charge in [-0.25, -0.2) is 4.79 Å². The zero-order valence-corrected chi connectivity index (χ0v) is 10.9. The molecule has 2 rings (SSSR count). The monoisotopic (exact) mass is 271 g/mol. The number of amides is 1. The molecule has 2 fully saturated rings. The Bertz CT molecular complexity index is 372. The minimum Gasteiger partial charge on any atom is -0.481 e. The number of carboxylic acids is 1. The van der Waals surface area contributed by atoms with E-state index in [0.717, 1.165) is 4.90 Å². The van der Waals surface area contributed by atoms with Gasteiger partial charge in [0.15, 0.2) is 0 Å². The minimum atomic E-state index is -1.12. The second kappa shape index (κ2) is 5.38. The summed E-state index contributed by atoms with van der Waals surface area (Å²) in [5, 5.41) is 18.8. The molecule has 106 valence electrons. The van der Waals surface area contributed by atoms with Crippen LogP contribution in [0.1, 0.15) is 26.2 Å². The third-order valence-electron chi connectivity index (χ3n) is 3.97. The molecule has 2 saturated heterocycles. The number of carbonyl (C=O) groups is 2. The molecule has 2 aliphatic heterocycles. The van der Waals surface area contributed by atoms with Crippen molar-refractivity contribution in [3.63, 3.8) is 0 Å². The zero-order valence-electron chi connectivity index (χ0n) is 10.9. The Hall–Kier alpha value is -1.28. The number of carboxylic acid groups (broad SMARTS) is 2. The maximum absolute atomic E-state index is 11.7. The maximum atomic E-state index is 11.7. The van der Waals surface area contributed by atoms with E-state index >= 15 is 0 Å². The van der Waals surface area contributed by atoms with Crippen LogP contribution in [-0.2, 0) is 14.1 Å². The Morgan fingerprint density at radius 1 is 1.37 bits per heavy atom. The highest BCUT2D eigenvalue weighted by atomic mass is 16.6. The van der Waals surface area contributed by atoms with Crippen molar-refractivity contribution in [2.24, 2.45) is 5.41 Å². The summed E-state index contributed by atoms with van der Waals surface area (Å²) in [6.45, 7) is 2.84. The molecule has 0 bridgehead atoms. The molecule has 0 aromatic rings.